The minimum absolute atomic E-state index is 0.0514. The fourth-order valence-corrected chi connectivity index (χ4v) is 5.98. The maximum atomic E-state index is 13.0. The molecule has 1 heterocycles. The summed E-state index contributed by atoms with van der Waals surface area (Å²) in [6.07, 6.45) is 4.32. The first-order valence-electron chi connectivity index (χ1n) is 9.12. The van der Waals surface area contributed by atoms with Crippen molar-refractivity contribution in [2.24, 2.45) is 17.8 Å². The molecule has 0 saturated heterocycles. The Balaban J connectivity index is 1.53. The van der Waals surface area contributed by atoms with Crippen LogP contribution in [0.4, 0.5) is 8.78 Å². The smallest absolute Gasteiger partial charge is 0.283 e. The number of rotatable bonds is 4. The van der Waals surface area contributed by atoms with Gasteiger partial charge >= 0.3 is 0 Å². The van der Waals surface area contributed by atoms with Gasteiger partial charge in [-0.15, -0.1) is 0 Å². The first kappa shape index (κ1) is 17.3. The van der Waals surface area contributed by atoms with Gasteiger partial charge in [0.15, 0.2) is 0 Å². The van der Waals surface area contributed by atoms with Crippen LogP contribution in [0.1, 0.15) is 69.3 Å². The molecule has 4 bridgehead atoms. The number of carbonyl (C=O) groups is 1. The quantitative estimate of drug-likeness (QED) is 0.851. The van der Waals surface area contributed by atoms with Crippen molar-refractivity contribution < 1.29 is 13.6 Å². The molecule has 0 spiro atoms. The van der Waals surface area contributed by atoms with Crippen molar-refractivity contribution in [1.82, 2.24) is 15.1 Å². The van der Waals surface area contributed by atoms with Gasteiger partial charge in [0.05, 0.1) is 10.7 Å². The van der Waals surface area contributed by atoms with Gasteiger partial charge < -0.3 is 5.32 Å². The van der Waals surface area contributed by atoms with E-state index >= 15 is 0 Å². The fraction of sp³-hybridized carbons (Fsp3) is 0.778. The molecule has 1 aromatic rings. The summed E-state index contributed by atoms with van der Waals surface area (Å²) in [5.74, 6) is 2.04. The summed E-state index contributed by atoms with van der Waals surface area (Å²) >= 11 is 5.96. The lowest BCUT2D eigenvalue weighted by Crippen LogP contribution is -2.60. The van der Waals surface area contributed by atoms with Crippen LogP contribution in [0.25, 0.3) is 0 Å². The van der Waals surface area contributed by atoms with Crippen LogP contribution in [-0.4, -0.2) is 21.2 Å². The molecule has 4 nitrogen and oxygen atoms in total. The Bertz CT molecular complexity index is 667. The summed E-state index contributed by atoms with van der Waals surface area (Å²) in [6, 6.07) is -0.655. The third-order valence-corrected chi connectivity index (χ3v) is 6.95. The Labute approximate surface area is 151 Å². The molecule has 4 saturated carbocycles. The summed E-state index contributed by atoms with van der Waals surface area (Å²) in [5.41, 5.74) is -0.144. The van der Waals surface area contributed by atoms with Crippen molar-refractivity contribution in [2.75, 3.05) is 0 Å². The van der Waals surface area contributed by atoms with Crippen LogP contribution < -0.4 is 5.32 Å². The Hall–Kier alpha value is -1.17. The highest BCUT2D eigenvalue weighted by molar-refractivity contribution is 6.31. The van der Waals surface area contributed by atoms with E-state index in [0.29, 0.717) is 5.69 Å². The highest BCUT2D eigenvalue weighted by atomic mass is 35.5. The van der Waals surface area contributed by atoms with Crippen LogP contribution in [0.3, 0.4) is 0 Å². The van der Waals surface area contributed by atoms with E-state index in [2.05, 4.69) is 10.4 Å². The largest absolute Gasteiger partial charge is 0.349 e. The van der Waals surface area contributed by atoms with E-state index in [0.717, 1.165) is 37.0 Å². The minimum atomic E-state index is -2.74. The predicted molar refractivity (Wildman–Crippen MR) is 90.7 cm³/mol. The SMILES string of the molecule is Cc1c(Cl)c(C(F)F)nn1[C@H](C)C(=O)NC12CC3CC(CC(C3)C1)C2. The number of aromatic nitrogens is 2. The Morgan fingerprint density at radius 1 is 1.24 bits per heavy atom. The molecular weight excluding hydrogens is 348 g/mol. The molecule has 0 aliphatic heterocycles. The van der Waals surface area contributed by atoms with Gasteiger partial charge in [0, 0.05) is 5.54 Å². The molecule has 4 fully saturated rings. The van der Waals surface area contributed by atoms with E-state index in [1.54, 1.807) is 13.8 Å². The van der Waals surface area contributed by atoms with Gasteiger partial charge in [0.2, 0.25) is 5.91 Å². The number of hydrogen-bond donors (Lipinski definition) is 1. The summed E-state index contributed by atoms with van der Waals surface area (Å²) in [7, 11) is 0. The molecule has 138 valence electrons. The van der Waals surface area contributed by atoms with Gasteiger partial charge in [-0.3, -0.25) is 9.48 Å². The van der Waals surface area contributed by atoms with Crippen molar-refractivity contribution in [1.29, 1.82) is 0 Å². The van der Waals surface area contributed by atoms with Crippen LogP contribution in [0.2, 0.25) is 5.02 Å². The molecule has 1 atom stereocenters. The molecule has 0 unspecified atom stereocenters. The van der Waals surface area contributed by atoms with E-state index in [9.17, 15) is 13.6 Å². The van der Waals surface area contributed by atoms with Crippen molar-refractivity contribution >= 4 is 17.5 Å². The molecule has 1 amide bonds. The van der Waals surface area contributed by atoms with E-state index in [1.165, 1.54) is 23.9 Å². The van der Waals surface area contributed by atoms with Gasteiger partial charge in [-0.1, -0.05) is 11.6 Å². The van der Waals surface area contributed by atoms with Gasteiger partial charge in [-0.25, -0.2) is 8.78 Å². The number of nitrogens with zero attached hydrogens (tertiary/aromatic N) is 2. The zero-order valence-corrected chi connectivity index (χ0v) is 15.3. The van der Waals surface area contributed by atoms with Crippen LogP contribution in [-0.2, 0) is 4.79 Å². The predicted octanol–water partition coefficient (Wildman–Crippen LogP) is 4.43. The topological polar surface area (TPSA) is 46.9 Å². The van der Waals surface area contributed by atoms with Crippen molar-refractivity contribution in [3.8, 4) is 0 Å². The fourth-order valence-electron chi connectivity index (χ4n) is 5.78. The molecule has 7 heteroatoms. The van der Waals surface area contributed by atoms with Crippen LogP contribution in [0.15, 0.2) is 0 Å². The second-order valence-corrected chi connectivity index (χ2v) is 8.77. The van der Waals surface area contributed by atoms with E-state index in [1.807, 2.05) is 0 Å². The standard InChI is InChI=1S/C18H24ClF2N3O/c1-9-14(19)15(16(20)21)23-24(9)10(2)17(25)22-18-6-11-3-12(7-18)5-13(4-11)8-18/h10-13,16H,3-8H2,1-2H3,(H,22,25)/t10-,11?,12?,13?,18?/m1/s1. The first-order chi connectivity index (χ1) is 11.8. The molecule has 4 aliphatic carbocycles. The Morgan fingerprint density at radius 3 is 2.20 bits per heavy atom. The summed E-state index contributed by atoms with van der Waals surface area (Å²) in [4.78, 5) is 12.9. The molecule has 1 aromatic heterocycles. The average molecular weight is 372 g/mol. The molecule has 4 aliphatic rings. The third-order valence-electron chi connectivity index (χ3n) is 6.48. The molecule has 1 N–H and O–H groups in total. The zero-order chi connectivity index (χ0) is 17.9. The molecular formula is C18H24ClF2N3O. The van der Waals surface area contributed by atoms with Crippen molar-refractivity contribution in [2.45, 2.75) is 70.4 Å². The summed E-state index contributed by atoms with van der Waals surface area (Å²) in [6.45, 7) is 3.32. The number of halogens is 3. The number of alkyl halides is 2. The van der Waals surface area contributed by atoms with Crippen LogP contribution in [0.5, 0.6) is 0 Å². The van der Waals surface area contributed by atoms with E-state index in [-0.39, 0.29) is 16.5 Å². The van der Waals surface area contributed by atoms with Crippen LogP contribution in [0, 0.1) is 24.7 Å². The minimum Gasteiger partial charge on any atom is -0.349 e. The summed E-state index contributed by atoms with van der Waals surface area (Å²) in [5, 5.41) is 7.12. The molecule has 5 rings (SSSR count). The lowest BCUT2D eigenvalue weighted by atomic mass is 9.53. The van der Waals surface area contributed by atoms with E-state index < -0.39 is 18.2 Å². The number of nitrogens with one attached hydrogen (secondary N) is 1. The monoisotopic (exact) mass is 371 g/mol. The highest BCUT2D eigenvalue weighted by Gasteiger charge is 2.51. The second kappa shape index (κ2) is 5.93. The average Bonchev–Trinajstić information content (AvgIpc) is 2.81. The van der Waals surface area contributed by atoms with Gasteiger partial charge in [-0.05, 0) is 70.1 Å². The van der Waals surface area contributed by atoms with Gasteiger partial charge in [0.25, 0.3) is 6.43 Å². The van der Waals surface area contributed by atoms with Crippen molar-refractivity contribution in [3.05, 3.63) is 16.4 Å². The zero-order valence-electron chi connectivity index (χ0n) is 14.6. The maximum Gasteiger partial charge on any atom is 0.283 e. The number of amides is 1. The molecule has 25 heavy (non-hydrogen) atoms. The number of hydrogen-bond acceptors (Lipinski definition) is 2. The van der Waals surface area contributed by atoms with Gasteiger partial charge in [0.1, 0.15) is 11.7 Å². The third kappa shape index (κ3) is 2.86. The van der Waals surface area contributed by atoms with Gasteiger partial charge in [-0.2, -0.15) is 5.10 Å². The summed E-state index contributed by atoms with van der Waals surface area (Å²) < 4.78 is 27.4. The highest BCUT2D eigenvalue weighted by Crippen LogP contribution is 2.55. The van der Waals surface area contributed by atoms with Crippen molar-refractivity contribution in [3.63, 3.8) is 0 Å². The lowest BCUT2D eigenvalue weighted by molar-refractivity contribution is -0.130. The first-order valence-corrected chi connectivity index (χ1v) is 9.50. The molecule has 0 aromatic carbocycles. The molecule has 0 radical (unpaired) electrons. The normalized spacial score (nSPS) is 34.6. The second-order valence-electron chi connectivity index (χ2n) is 8.39. The van der Waals surface area contributed by atoms with Crippen LogP contribution >= 0.6 is 11.6 Å². The maximum absolute atomic E-state index is 13.0. The van der Waals surface area contributed by atoms with E-state index in [4.69, 9.17) is 11.6 Å². The lowest BCUT2D eigenvalue weighted by Gasteiger charge is -2.57. The Morgan fingerprint density at radius 2 is 1.76 bits per heavy atom. The number of carbonyl (C=O) groups excluding carboxylic acids is 1. The Kier molecular flexibility index (Phi) is 4.09.